The molecule has 0 aromatic carbocycles. The van der Waals surface area contributed by atoms with Crippen molar-refractivity contribution >= 4 is 16.0 Å². The van der Waals surface area contributed by atoms with Crippen LogP contribution in [-0.4, -0.2) is 42.1 Å². The number of hydrogen-bond acceptors (Lipinski definition) is 3. The van der Waals surface area contributed by atoms with Crippen LogP contribution in [0.25, 0.3) is 0 Å². The van der Waals surface area contributed by atoms with E-state index in [1.54, 1.807) is 0 Å². The summed E-state index contributed by atoms with van der Waals surface area (Å²) in [5.41, 5.74) is 0. The molecule has 0 saturated carbocycles. The lowest BCUT2D eigenvalue weighted by atomic mass is 10.1. The second kappa shape index (κ2) is 5.82. The fourth-order valence-electron chi connectivity index (χ4n) is 1.99. The van der Waals surface area contributed by atoms with Crippen molar-refractivity contribution in [2.45, 2.75) is 45.6 Å². The maximum Gasteiger partial charge on any atom is 0.322 e. The fraction of sp³-hybridized carbons (Fsp3) is 0.909. The number of carboxylic acid groups (broad SMARTS) is 1. The molecule has 0 bridgehead atoms. The molecule has 1 fully saturated rings. The minimum absolute atomic E-state index is 0.0500. The van der Waals surface area contributed by atoms with E-state index in [1.165, 1.54) is 4.31 Å². The summed E-state index contributed by atoms with van der Waals surface area (Å²) in [5, 5.41) is 9.04. The Labute approximate surface area is 103 Å². The molecule has 0 unspecified atom stereocenters. The van der Waals surface area contributed by atoms with E-state index < -0.39 is 22.0 Å². The van der Waals surface area contributed by atoms with Crippen LogP contribution in [0, 0.1) is 5.92 Å². The van der Waals surface area contributed by atoms with E-state index in [0.717, 1.165) is 12.8 Å². The molecule has 1 aliphatic rings. The van der Waals surface area contributed by atoms with Crippen LogP contribution in [0.4, 0.5) is 0 Å². The lowest BCUT2D eigenvalue weighted by molar-refractivity contribution is -0.142. The van der Waals surface area contributed by atoms with E-state index in [9.17, 15) is 13.2 Å². The number of nitrogens with zero attached hydrogens (tertiary/aromatic N) is 1. The van der Waals surface area contributed by atoms with E-state index >= 15 is 0 Å². The summed E-state index contributed by atoms with van der Waals surface area (Å²) < 4.78 is 25.3. The quantitative estimate of drug-likeness (QED) is 0.811. The maximum atomic E-state index is 12.1. The first-order valence-electron chi connectivity index (χ1n) is 6.07. The van der Waals surface area contributed by atoms with Gasteiger partial charge in [0.25, 0.3) is 0 Å². The van der Waals surface area contributed by atoms with Gasteiger partial charge in [0.15, 0.2) is 0 Å². The molecule has 0 aliphatic carbocycles. The first-order valence-corrected chi connectivity index (χ1v) is 7.68. The number of aliphatic carboxylic acids is 1. The zero-order valence-corrected chi connectivity index (χ0v) is 11.2. The summed E-state index contributed by atoms with van der Waals surface area (Å²) in [6, 6.07) is -0.860. The van der Waals surface area contributed by atoms with Gasteiger partial charge in [-0.2, -0.15) is 4.31 Å². The van der Waals surface area contributed by atoms with Crippen molar-refractivity contribution in [1.82, 2.24) is 4.31 Å². The molecule has 0 amide bonds. The standard InChI is InChI=1S/C11H21NO4S/c1-9(2)6-8-17(15,16)12-7-4-3-5-10(12)11(13)14/h9-10H,3-8H2,1-2H3,(H,13,14)/t10-/m1/s1. The zero-order valence-electron chi connectivity index (χ0n) is 10.4. The van der Waals surface area contributed by atoms with Crippen LogP contribution in [-0.2, 0) is 14.8 Å². The van der Waals surface area contributed by atoms with Gasteiger partial charge in [0.2, 0.25) is 10.0 Å². The average Bonchev–Trinajstić information content (AvgIpc) is 2.26. The molecule has 1 rings (SSSR count). The Morgan fingerprint density at radius 1 is 1.41 bits per heavy atom. The van der Waals surface area contributed by atoms with E-state index in [4.69, 9.17) is 5.11 Å². The third kappa shape index (κ3) is 3.96. The molecule has 1 saturated heterocycles. The topological polar surface area (TPSA) is 74.7 Å². The molecule has 1 heterocycles. The third-order valence-electron chi connectivity index (χ3n) is 3.05. The van der Waals surface area contributed by atoms with E-state index in [0.29, 0.717) is 25.3 Å². The average molecular weight is 263 g/mol. The first-order chi connectivity index (χ1) is 7.84. The van der Waals surface area contributed by atoms with Crippen LogP contribution in [0.1, 0.15) is 39.5 Å². The zero-order chi connectivity index (χ0) is 13.1. The van der Waals surface area contributed by atoms with Gasteiger partial charge in [-0.3, -0.25) is 4.79 Å². The molecule has 0 aromatic rings. The van der Waals surface area contributed by atoms with Gasteiger partial charge in [0, 0.05) is 6.54 Å². The fourth-order valence-corrected chi connectivity index (χ4v) is 3.98. The normalized spacial score (nSPS) is 22.9. The number of carboxylic acids is 1. The van der Waals surface area contributed by atoms with Crippen molar-refractivity contribution < 1.29 is 18.3 Å². The summed E-state index contributed by atoms with van der Waals surface area (Å²) in [5.74, 6) is -0.676. The van der Waals surface area contributed by atoms with Gasteiger partial charge in [-0.05, 0) is 31.6 Å². The SMILES string of the molecule is CC(C)CCS(=O)(=O)N1CCCC[C@@H]1C(=O)O. The van der Waals surface area contributed by atoms with Gasteiger partial charge in [-0.25, -0.2) is 8.42 Å². The Balaban J connectivity index is 2.76. The third-order valence-corrected chi connectivity index (χ3v) is 4.95. The molecule has 1 atom stereocenters. The molecule has 1 aliphatic heterocycles. The van der Waals surface area contributed by atoms with Gasteiger partial charge in [0.1, 0.15) is 6.04 Å². The summed E-state index contributed by atoms with van der Waals surface area (Å²) in [7, 11) is -3.42. The van der Waals surface area contributed by atoms with Gasteiger partial charge in [0.05, 0.1) is 5.75 Å². The number of rotatable bonds is 5. The van der Waals surface area contributed by atoms with Crippen molar-refractivity contribution in [3.8, 4) is 0 Å². The predicted octanol–water partition coefficient (Wildman–Crippen LogP) is 1.30. The highest BCUT2D eigenvalue weighted by Crippen LogP contribution is 2.22. The Bertz CT molecular complexity index is 364. The van der Waals surface area contributed by atoms with E-state index in [1.807, 2.05) is 13.8 Å². The highest BCUT2D eigenvalue weighted by Gasteiger charge is 2.36. The molecular weight excluding hydrogens is 242 g/mol. The van der Waals surface area contributed by atoms with Gasteiger partial charge >= 0.3 is 5.97 Å². The van der Waals surface area contributed by atoms with Crippen LogP contribution in [0.5, 0.6) is 0 Å². The van der Waals surface area contributed by atoms with Crippen molar-refractivity contribution in [2.24, 2.45) is 5.92 Å². The van der Waals surface area contributed by atoms with E-state index in [2.05, 4.69) is 0 Å². The van der Waals surface area contributed by atoms with Gasteiger partial charge in [-0.1, -0.05) is 13.8 Å². The van der Waals surface area contributed by atoms with Crippen molar-refractivity contribution in [2.75, 3.05) is 12.3 Å². The van der Waals surface area contributed by atoms with Crippen molar-refractivity contribution in [1.29, 1.82) is 0 Å². The molecule has 0 spiro atoms. The van der Waals surface area contributed by atoms with Gasteiger partial charge < -0.3 is 5.11 Å². The largest absolute Gasteiger partial charge is 0.480 e. The summed E-state index contributed by atoms with van der Waals surface area (Å²) in [4.78, 5) is 11.0. The number of piperidine rings is 1. The van der Waals surface area contributed by atoms with Crippen LogP contribution in [0.3, 0.4) is 0 Å². The minimum atomic E-state index is -3.42. The molecular formula is C11H21NO4S. The Kier molecular flexibility index (Phi) is 4.94. The Morgan fingerprint density at radius 3 is 2.59 bits per heavy atom. The Hall–Kier alpha value is -0.620. The van der Waals surface area contributed by atoms with Crippen molar-refractivity contribution in [3.63, 3.8) is 0 Å². The predicted molar refractivity (Wildman–Crippen MR) is 65.2 cm³/mol. The molecule has 0 radical (unpaired) electrons. The monoisotopic (exact) mass is 263 g/mol. The molecule has 1 N–H and O–H groups in total. The van der Waals surface area contributed by atoms with Gasteiger partial charge in [-0.15, -0.1) is 0 Å². The first kappa shape index (κ1) is 14.4. The number of hydrogen-bond donors (Lipinski definition) is 1. The minimum Gasteiger partial charge on any atom is -0.480 e. The van der Waals surface area contributed by atoms with Crippen molar-refractivity contribution in [3.05, 3.63) is 0 Å². The van der Waals surface area contributed by atoms with Crippen LogP contribution < -0.4 is 0 Å². The highest BCUT2D eigenvalue weighted by atomic mass is 32.2. The highest BCUT2D eigenvalue weighted by molar-refractivity contribution is 7.89. The molecule has 5 nitrogen and oxygen atoms in total. The van der Waals surface area contributed by atoms with Crippen LogP contribution >= 0.6 is 0 Å². The maximum absolute atomic E-state index is 12.1. The van der Waals surface area contributed by atoms with Crippen LogP contribution in [0.2, 0.25) is 0 Å². The Morgan fingerprint density at radius 2 is 2.06 bits per heavy atom. The number of sulfonamides is 1. The second-order valence-electron chi connectivity index (χ2n) is 4.96. The lowest BCUT2D eigenvalue weighted by Crippen LogP contribution is -2.48. The van der Waals surface area contributed by atoms with E-state index in [-0.39, 0.29) is 5.75 Å². The lowest BCUT2D eigenvalue weighted by Gasteiger charge is -2.32. The summed E-state index contributed by atoms with van der Waals surface area (Å²) >= 11 is 0. The number of carbonyl (C=O) groups is 1. The second-order valence-corrected chi connectivity index (χ2v) is 7.00. The molecule has 0 aromatic heterocycles. The van der Waals surface area contributed by atoms with Crippen LogP contribution in [0.15, 0.2) is 0 Å². The summed E-state index contributed by atoms with van der Waals surface area (Å²) in [6.07, 6.45) is 2.54. The smallest absolute Gasteiger partial charge is 0.322 e. The summed E-state index contributed by atoms with van der Waals surface area (Å²) in [6.45, 7) is 4.26. The molecule has 100 valence electrons. The molecule has 6 heteroatoms. The molecule has 17 heavy (non-hydrogen) atoms.